The van der Waals surface area contributed by atoms with Gasteiger partial charge in [-0.3, -0.25) is 0 Å². The SMILES string of the molecule is CC#CCCC(NCCC)c1coc(C)c1. The zero-order valence-corrected chi connectivity index (χ0v) is 10.5. The number of aryl methyl sites for hydroxylation is 1. The van der Waals surface area contributed by atoms with Crippen molar-refractivity contribution in [1.29, 1.82) is 0 Å². The zero-order valence-electron chi connectivity index (χ0n) is 10.5. The van der Waals surface area contributed by atoms with Crippen LogP contribution in [0.15, 0.2) is 16.7 Å². The van der Waals surface area contributed by atoms with Crippen LogP contribution in [0.4, 0.5) is 0 Å². The fraction of sp³-hybridized carbons (Fsp3) is 0.571. The third-order valence-electron chi connectivity index (χ3n) is 2.53. The summed E-state index contributed by atoms with van der Waals surface area (Å²) in [4.78, 5) is 0. The lowest BCUT2D eigenvalue weighted by molar-refractivity contribution is 0.489. The second-order valence-electron chi connectivity index (χ2n) is 3.96. The Labute approximate surface area is 98.4 Å². The van der Waals surface area contributed by atoms with E-state index in [0.29, 0.717) is 6.04 Å². The van der Waals surface area contributed by atoms with E-state index in [1.807, 2.05) is 20.1 Å². The molecular formula is C14H21NO. The van der Waals surface area contributed by atoms with E-state index in [1.165, 1.54) is 5.56 Å². The van der Waals surface area contributed by atoms with Crippen molar-refractivity contribution in [1.82, 2.24) is 5.32 Å². The molecule has 1 aromatic heterocycles. The summed E-state index contributed by atoms with van der Waals surface area (Å²) in [5.74, 6) is 7.02. The van der Waals surface area contributed by atoms with Crippen LogP contribution in [-0.4, -0.2) is 6.54 Å². The molecule has 1 aromatic rings. The molecule has 16 heavy (non-hydrogen) atoms. The molecule has 1 atom stereocenters. The minimum atomic E-state index is 0.373. The molecule has 0 saturated carbocycles. The normalized spacial score (nSPS) is 11.9. The molecule has 0 aliphatic heterocycles. The van der Waals surface area contributed by atoms with Crippen molar-refractivity contribution in [2.45, 2.75) is 46.1 Å². The molecule has 88 valence electrons. The predicted molar refractivity (Wildman–Crippen MR) is 67.2 cm³/mol. The molecule has 0 spiro atoms. The maximum Gasteiger partial charge on any atom is 0.101 e. The molecule has 0 amide bonds. The van der Waals surface area contributed by atoms with E-state index in [-0.39, 0.29) is 0 Å². The van der Waals surface area contributed by atoms with Crippen molar-refractivity contribution in [3.63, 3.8) is 0 Å². The number of nitrogens with one attached hydrogen (secondary N) is 1. The topological polar surface area (TPSA) is 25.2 Å². The van der Waals surface area contributed by atoms with Crippen molar-refractivity contribution >= 4 is 0 Å². The molecule has 0 aromatic carbocycles. The smallest absolute Gasteiger partial charge is 0.101 e. The maximum atomic E-state index is 5.36. The van der Waals surface area contributed by atoms with Crippen molar-refractivity contribution in [3.05, 3.63) is 23.7 Å². The lowest BCUT2D eigenvalue weighted by Crippen LogP contribution is -2.21. The highest BCUT2D eigenvalue weighted by molar-refractivity contribution is 5.16. The Morgan fingerprint density at radius 2 is 2.31 bits per heavy atom. The first kappa shape index (κ1) is 12.9. The van der Waals surface area contributed by atoms with Gasteiger partial charge in [0.1, 0.15) is 5.76 Å². The monoisotopic (exact) mass is 219 g/mol. The van der Waals surface area contributed by atoms with Crippen LogP contribution in [0.25, 0.3) is 0 Å². The minimum absolute atomic E-state index is 0.373. The van der Waals surface area contributed by atoms with Gasteiger partial charge in [-0.2, -0.15) is 0 Å². The number of furan rings is 1. The maximum absolute atomic E-state index is 5.36. The molecule has 1 heterocycles. The van der Waals surface area contributed by atoms with E-state index >= 15 is 0 Å². The Kier molecular flexibility index (Phi) is 5.74. The van der Waals surface area contributed by atoms with Crippen molar-refractivity contribution < 1.29 is 4.42 Å². The van der Waals surface area contributed by atoms with Gasteiger partial charge in [0.25, 0.3) is 0 Å². The van der Waals surface area contributed by atoms with Gasteiger partial charge in [0, 0.05) is 18.0 Å². The summed E-state index contributed by atoms with van der Waals surface area (Å²) in [7, 11) is 0. The van der Waals surface area contributed by atoms with Crippen LogP contribution in [0, 0.1) is 18.8 Å². The standard InChI is InChI=1S/C14H21NO/c1-4-6-7-8-14(15-9-5-2)13-10-12(3)16-11-13/h10-11,14-15H,5,7-9H2,1-3H3. The van der Waals surface area contributed by atoms with Gasteiger partial charge >= 0.3 is 0 Å². The molecule has 0 radical (unpaired) electrons. The average Bonchev–Trinajstić information content (AvgIpc) is 2.70. The zero-order chi connectivity index (χ0) is 11.8. The Hall–Kier alpha value is -1.20. The van der Waals surface area contributed by atoms with E-state index in [2.05, 4.69) is 30.1 Å². The van der Waals surface area contributed by atoms with E-state index in [1.54, 1.807) is 0 Å². The largest absolute Gasteiger partial charge is 0.469 e. The quantitative estimate of drug-likeness (QED) is 0.741. The van der Waals surface area contributed by atoms with Gasteiger partial charge in [-0.1, -0.05) is 6.92 Å². The third-order valence-corrected chi connectivity index (χ3v) is 2.53. The van der Waals surface area contributed by atoms with Crippen LogP contribution in [0.2, 0.25) is 0 Å². The fourth-order valence-corrected chi connectivity index (χ4v) is 1.69. The predicted octanol–water partition coefficient (Wildman–Crippen LogP) is 3.43. The summed E-state index contributed by atoms with van der Waals surface area (Å²) in [6, 6.07) is 2.48. The Balaban J connectivity index is 2.57. The minimum Gasteiger partial charge on any atom is -0.469 e. The summed E-state index contributed by atoms with van der Waals surface area (Å²) < 4.78 is 5.36. The number of hydrogen-bond acceptors (Lipinski definition) is 2. The second kappa shape index (κ2) is 7.14. The first-order valence-corrected chi connectivity index (χ1v) is 5.96. The lowest BCUT2D eigenvalue weighted by Gasteiger charge is -2.15. The molecule has 0 aliphatic carbocycles. The summed E-state index contributed by atoms with van der Waals surface area (Å²) >= 11 is 0. The molecule has 1 unspecified atom stereocenters. The molecule has 0 bridgehead atoms. The molecule has 0 aliphatic rings. The summed E-state index contributed by atoms with van der Waals surface area (Å²) in [5, 5.41) is 3.53. The van der Waals surface area contributed by atoms with Crippen molar-refractivity contribution in [2.24, 2.45) is 0 Å². The van der Waals surface area contributed by atoms with Gasteiger partial charge in [-0.25, -0.2) is 0 Å². The highest BCUT2D eigenvalue weighted by atomic mass is 16.3. The lowest BCUT2D eigenvalue weighted by atomic mass is 10.0. The Morgan fingerprint density at radius 3 is 2.88 bits per heavy atom. The molecular weight excluding hydrogens is 198 g/mol. The molecule has 2 nitrogen and oxygen atoms in total. The first-order valence-electron chi connectivity index (χ1n) is 5.96. The number of rotatable bonds is 6. The third kappa shape index (κ3) is 4.12. The van der Waals surface area contributed by atoms with Crippen LogP contribution < -0.4 is 5.32 Å². The van der Waals surface area contributed by atoms with Gasteiger partial charge in [-0.05, 0) is 39.3 Å². The van der Waals surface area contributed by atoms with E-state index in [9.17, 15) is 0 Å². The molecule has 0 saturated heterocycles. The van der Waals surface area contributed by atoms with Gasteiger partial charge in [0.05, 0.1) is 6.26 Å². The highest BCUT2D eigenvalue weighted by Gasteiger charge is 2.11. The number of hydrogen-bond donors (Lipinski definition) is 1. The van der Waals surface area contributed by atoms with Gasteiger partial charge in [0.15, 0.2) is 0 Å². The van der Waals surface area contributed by atoms with Crippen LogP contribution >= 0.6 is 0 Å². The summed E-state index contributed by atoms with van der Waals surface area (Å²) in [5.41, 5.74) is 1.24. The Bertz CT molecular complexity index is 356. The Morgan fingerprint density at radius 1 is 1.50 bits per heavy atom. The van der Waals surface area contributed by atoms with Crippen LogP contribution in [0.1, 0.15) is 50.5 Å². The van der Waals surface area contributed by atoms with Gasteiger partial charge < -0.3 is 9.73 Å². The molecule has 2 heteroatoms. The van der Waals surface area contributed by atoms with Gasteiger partial charge in [-0.15, -0.1) is 11.8 Å². The first-order chi connectivity index (χ1) is 7.77. The summed E-state index contributed by atoms with van der Waals surface area (Å²) in [6.07, 6.45) is 4.97. The van der Waals surface area contributed by atoms with Crippen LogP contribution in [0.3, 0.4) is 0 Å². The molecule has 1 rings (SSSR count). The average molecular weight is 219 g/mol. The fourth-order valence-electron chi connectivity index (χ4n) is 1.69. The van der Waals surface area contributed by atoms with E-state index < -0.39 is 0 Å². The van der Waals surface area contributed by atoms with E-state index in [4.69, 9.17) is 4.42 Å². The van der Waals surface area contributed by atoms with Crippen LogP contribution in [0.5, 0.6) is 0 Å². The summed E-state index contributed by atoms with van der Waals surface area (Å²) in [6.45, 7) is 7.08. The van der Waals surface area contributed by atoms with Crippen LogP contribution in [-0.2, 0) is 0 Å². The van der Waals surface area contributed by atoms with Crippen molar-refractivity contribution in [2.75, 3.05) is 6.54 Å². The molecule has 1 N–H and O–H groups in total. The van der Waals surface area contributed by atoms with E-state index in [0.717, 1.165) is 31.6 Å². The van der Waals surface area contributed by atoms with Crippen molar-refractivity contribution in [3.8, 4) is 11.8 Å². The molecule has 0 fully saturated rings. The highest BCUT2D eigenvalue weighted by Crippen LogP contribution is 2.20. The van der Waals surface area contributed by atoms with Gasteiger partial charge in [0.2, 0.25) is 0 Å². The second-order valence-corrected chi connectivity index (χ2v) is 3.96.